The Morgan fingerprint density at radius 2 is 2.05 bits per heavy atom. The lowest BCUT2D eigenvalue weighted by Gasteiger charge is -2.20. The third-order valence-electron chi connectivity index (χ3n) is 3.45. The van der Waals surface area contributed by atoms with Crippen molar-refractivity contribution in [3.63, 3.8) is 0 Å². The second-order valence-electron chi connectivity index (χ2n) is 5.30. The van der Waals surface area contributed by atoms with E-state index in [4.69, 9.17) is 10.7 Å². The van der Waals surface area contributed by atoms with Gasteiger partial charge in [0.15, 0.2) is 5.69 Å². The van der Waals surface area contributed by atoms with Crippen molar-refractivity contribution in [2.45, 2.75) is 56.9 Å². The minimum atomic E-state index is -4.01. The van der Waals surface area contributed by atoms with E-state index in [1.807, 2.05) is 13.8 Å². The molecular weight excluding hydrogens is 314 g/mol. The summed E-state index contributed by atoms with van der Waals surface area (Å²) in [4.78, 5) is 14.2. The molecule has 1 heterocycles. The highest BCUT2D eigenvalue weighted by molar-refractivity contribution is 8.13. The summed E-state index contributed by atoms with van der Waals surface area (Å²) < 4.78 is 23.6. The molecule has 8 heteroatoms. The van der Waals surface area contributed by atoms with Crippen molar-refractivity contribution in [2.24, 2.45) is 0 Å². The van der Waals surface area contributed by atoms with Gasteiger partial charge in [-0.15, -0.1) is 0 Å². The fourth-order valence-corrected chi connectivity index (χ4v) is 3.71. The summed E-state index contributed by atoms with van der Waals surface area (Å²) in [7, 11) is 1.50. The summed E-state index contributed by atoms with van der Waals surface area (Å²) in [5.41, 5.74) is 0.330. The van der Waals surface area contributed by atoms with E-state index < -0.39 is 9.05 Å². The first-order valence-electron chi connectivity index (χ1n) is 7.23. The van der Waals surface area contributed by atoms with Crippen LogP contribution in [0.3, 0.4) is 0 Å². The van der Waals surface area contributed by atoms with Gasteiger partial charge >= 0.3 is 0 Å². The molecular formula is C13H20ClN3O3S. The molecule has 118 valence electrons. The Kier molecular flexibility index (Phi) is 4.93. The lowest BCUT2D eigenvalue weighted by Crippen LogP contribution is -2.34. The summed E-state index contributed by atoms with van der Waals surface area (Å²) in [5, 5.41) is 6.59. The number of H-pyrrole nitrogens is 1. The molecule has 1 aliphatic rings. The van der Waals surface area contributed by atoms with Crippen molar-refractivity contribution in [1.82, 2.24) is 15.1 Å². The van der Waals surface area contributed by atoms with Crippen molar-refractivity contribution < 1.29 is 13.2 Å². The van der Waals surface area contributed by atoms with E-state index in [9.17, 15) is 13.2 Å². The van der Waals surface area contributed by atoms with Crippen LogP contribution in [0.25, 0.3) is 0 Å². The Hall–Kier alpha value is -1.08. The Morgan fingerprint density at radius 3 is 2.52 bits per heavy atom. The number of hydrogen-bond donors (Lipinski definition) is 1. The molecule has 21 heavy (non-hydrogen) atoms. The average Bonchev–Trinajstić information content (AvgIpc) is 3.14. The van der Waals surface area contributed by atoms with Crippen LogP contribution in [0.4, 0.5) is 0 Å². The van der Waals surface area contributed by atoms with E-state index in [-0.39, 0.29) is 22.5 Å². The molecule has 1 aromatic heterocycles. The zero-order valence-corrected chi connectivity index (χ0v) is 13.8. The molecule has 1 N–H and O–H groups in total. The molecule has 0 bridgehead atoms. The maximum atomic E-state index is 12.6. The fraction of sp³-hybridized carbons (Fsp3) is 0.692. The van der Waals surface area contributed by atoms with Crippen LogP contribution in [0.15, 0.2) is 4.90 Å². The maximum absolute atomic E-state index is 12.6. The SMILES string of the molecule is CCCc1[nH]nc(C(=O)N(CCC)C2CC2)c1S(=O)(=O)Cl. The molecule has 0 saturated heterocycles. The van der Waals surface area contributed by atoms with Crippen LogP contribution in [0.1, 0.15) is 55.7 Å². The number of halogens is 1. The zero-order valence-electron chi connectivity index (χ0n) is 12.2. The summed E-state index contributed by atoms with van der Waals surface area (Å²) in [6, 6.07) is 0.203. The predicted molar refractivity (Wildman–Crippen MR) is 80.0 cm³/mol. The van der Waals surface area contributed by atoms with Crippen molar-refractivity contribution in [3.05, 3.63) is 11.4 Å². The minimum absolute atomic E-state index is 0.0752. The van der Waals surface area contributed by atoms with Gasteiger partial charge in [-0.25, -0.2) is 8.42 Å². The van der Waals surface area contributed by atoms with Crippen LogP contribution < -0.4 is 0 Å². The van der Waals surface area contributed by atoms with E-state index in [0.717, 1.165) is 25.7 Å². The Labute approximate surface area is 129 Å². The molecule has 2 rings (SSSR count). The van der Waals surface area contributed by atoms with Crippen LogP contribution in [0.5, 0.6) is 0 Å². The number of hydrogen-bond acceptors (Lipinski definition) is 4. The standard InChI is InChI=1S/C13H20ClN3O3S/c1-3-5-10-12(21(14,19)20)11(16-15-10)13(18)17(8-4-2)9-6-7-9/h9H,3-8H2,1-2H3,(H,15,16). The molecule has 1 fully saturated rings. The summed E-state index contributed by atoms with van der Waals surface area (Å²) >= 11 is 0. The number of rotatable bonds is 7. The second kappa shape index (κ2) is 6.36. The number of carbonyl (C=O) groups excluding carboxylic acids is 1. The molecule has 0 unspecified atom stereocenters. The second-order valence-corrected chi connectivity index (χ2v) is 7.80. The van der Waals surface area contributed by atoms with Gasteiger partial charge in [0.25, 0.3) is 15.0 Å². The van der Waals surface area contributed by atoms with Crippen LogP contribution in [-0.4, -0.2) is 42.0 Å². The van der Waals surface area contributed by atoms with Crippen LogP contribution >= 0.6 is 10.7 Å². The molecule has 1 aliphatic carbocycles. The number of aromatic nitrogens is 2. The molecule has 1 saturated carbocycles. The van der Waals surface area contributed by atoms with E-state index in [2.05, 4.69) is 10.2 Å². The number of aromatic amines is 1. The average molecular weight is 334 g/mol. The number of nitrogens with zero attached hydrogens (tertiary/aromatic N) is 2. The third-order valence-corrected chi connectivity index (χ3v) is 4.84. The first-order chi connectivity index (χ1) is 9.90. The Morgan fingerprint density at radius 1 is 1.38 bits per heavy atom. The van der Waals surface area contributed by atoms with Gasteiger partial charge in [-0.1, -0.05) is 20.3 Å². The van der Waals surface area contributed by atoms with Gasteiger partial charge in [-0.2, -0.15) is 5.10 Å². The van der Waals surface area contributed by atoms with Crippen molar-refractivity contribution >= 4 is 25.6 Å². The molecule has 1 aromatic rings. The summed E-state index contributed by atoms with van der Waals surface area (Å²) in [6.07, 6.45) is 3.95. The quantitative estimate of drug-likeness (QED) is 0.776. The normalized spacial score (nSPS) is 15.2. The molecule has 6 nitrogen and oxygen atoms in total. The molecule has 0 spiro atoms. The van der Waals surface area contributed by atoms with Gasteiger partial charge in [0, 0.05) is 23.3 Å². The van der Waals surface area contributed by atoms with E-state index in [1.54, 1.807) is 4.90 Å². The minimum Gasteiger partial charge on any atom is -0.334 e. The predicted octanol–water partition coefficient (Wildman–Crippen LogP) is 2.30. The third kappa shape index (κ3) is 3.58. The number of carbonyl (C=O) groups is 1. The first kappa shape index (κ1) is 16.3. The highest BCUT2D eigenvalue weighted by atomic mass is 35.7. The zero-order chi connectivity index (χ0) is 15.6. The van der Waals surface area contributed by atoms with Crippen molar-refractivity contribution in [1.29, 1.82) is 0 Å². The molecule has 1 amide bonds. The smallest absolute Gasteiger partial charge is 0.276 e. The molecule has 0 radical (unpaired) electrons. The fourth-order valence-electron chi connectivity index (χ4n) is 2.41. The highest BCUT2D eigenvalue weighted by Crippen LogP contribution is 2.31. The van der Waals surface area contributed by atoms with Crippen molar-refractivity contribution in [3.8, 4) is 0 Å². The monoisotopic (exact) mass is 333 g/mol. The molecule has 0 atom stereocenters. The van der Waals surface area contributed by atoms with Gasteiger partial charge in [0.2, 0.25) is 0 Å². The summed E-state index contributed by atoms with van der Waals surface area (Å²) in [5.74, 6) is -0.350. The van der Waals surface area contributed by atoms with Gasteiger partial charge in [-0.05, 0) is 25.7 Å². The van der Waals surface area contributed by atoms with Gasteiger partial charge in [0.05, 0.1) is 5.69 Å². The van der Waals surface area contributed by atoms with Crippen LogP contribution in [-0.2, 0) is 15.5 Å². The lowest BCUT2D eigenvalue weighted by molar-refractivity contribution is 0.0733. The number of aryl methyl sites for hydroxylation is 1. The molecule has 0 aliphatic heterocycles. The van der Waals surface area contributed by atoms with Gasteiger partial charge in [0.1, 0.15) is 4.90 Å². The van der Waals surface area contributed by atoms with Crippen molar-refractivity contribution in [2.75, 3.05) is 6.54 Å². The van der Waals surface area contributed by atoms with E-state index in [0.29, 0.717) is 18.7 Å². The first-order valence-corrected chi connectivity index (χ1v) is 9.53. The number of nitrogens with one attached hydrogen (secondary N) is 1. The van der Waals surface area contributed by atoms with Crippen LogP contribution in [0.2, 0.25) is 0 Å². The lowest BCUT2D eigenvalue weighted by atomic mass is 10.2. The Balaban J connectivity index is 2.40. The van der Waals surface area contributed by atoms with Gasteiger partial charge in [-0.3, -0.25) is 9.89 Å². The van der Waals surface area contributed by atoms with E-state index in [1.165, 1.54) is 0 Å². The number of amides is 1. The van der Waals surface area contributed by atoms with E-state index >= 15 is 0 Å². The summed E-state index contributed by atoms with van der Waals surface area (Å²) in [6.45, 7) is 4.50. The highest BCUT2D eigenvalue weighted by Gasteiger charge is 2.37. The largest absolute Gasteiger partial charge is 0.334 e. The Bertz CT molecular complexity index is 623. The van der Waals surface area contributed by atoms with Crippen LogP contribution in [0, 0.1) is 0 Å². The van der Waals surface area contributed by atoms with Gasteiger partial charge < -0.3 is 4.90 Å². The maximum Gasteiger partial charge on any atom is 0.276 e. The molecule has 0 aromatic carbocycles. The topological polar surface area (TPSA) is 83.1 Å².